The van der Waals surface area contributed by atoms with Gasteiger partial charge in [-0.2, -0.15) is 0 Å². The van der Waals surface area contributed by atoms with Crippen LogP contribution in [0.1, 0.15) is 66.2 Å². The minimum atomic E-state index is -0.469. The van der Waals surface area contributed by atoms with Crippen molar-refractivity contribution >= 4 is 34.4 Å². The fourth-order valence-corrected chi connectivity index (χ4v) is 5.23. The summed E-state index contributed by atoms with van der Waals surface area (Å²) in [4.78, 5) is 33.0. The lowest BCUT2D eigenvalue weighted by Gasteiger charge is -2.33. The Morgan fingerprint density at radius 1 is 1.09 bits per heavy atom. The van der Waals surface area contributed by atoms with E-state index in [4.69, 9.17) is 9.72 Å². The molecule has 1 fully saturated rings. The number of likely N-dealkylation sites (tertiary alicyclic amines) is 1. The van der Waals surface area contributed by atoms with E-state index < -0.39 is 5.97 Å². The zero-order chi connectivity index (χ0) is 24.4. The number of nitrogens with zero attached hydrogens (tertiary/aromatic N) is 2. The van der Waals surface area contributed by atoms with Crippen molar-refractivity contribution in [1.82, 2.24) is 9.88 Å². The Kier molecular flexibility index (Phi) is 6.53. The van der Waals surface area contributed by atoms with Crippen LogP contribution in [-0.4, -0.2) is 46.1 Å². The fourth-order valence-electron chi connectivity index (χ4n) is 5.23. The van der Waals surface area contributed by atoms with Gasteiger partial charge in [0.15, 0.2) is 6.61 Å². The van der Waals surface area contributed by atoms with Gasteiger partial charge < -0.3 is 14.7 Å². The van der Waals surface area contributed by atoms with Crippen molar-refractivity contribution in [2.75, 3.05) is 13.2 Å². The molecular weight excluding hydrogens is 440 g/mol. The standard InChI is InChI=1S/C29H30N2O4/c1-19-7-4-5-16-31(19)26(33)18-35-29(34)27-23-9-2-3-11-25(23)30-28-21(8-6-10-24(27)28)17-20-12-14-22(32)15-13-20/h2-3,9,11-15,17,19,32H,4-8,10,16,18H2,1H3/b21-17-. The van der Waals surface area contributed by atoms with Crippen LogP contribution in [0.15, 0.2) is 48.5 Å². The van der Waals surface area contributed by atoms with Gasteiger partial charge in [-0.3, -0.25) is 4.79 Å². The van der Waals surface area contributed by atoms with Crippen LogP contribution in [0.5, 0.6) is 5.75 Å². The molecule has 2 heterocycles. The molecule has 3 aromatic rings. The summed E-state index contributed by atoms with van der Waals surface area (Å²) in [5, 5.41) is 10.4. The summed E-state index contributed by atoms with van der Waals surface area (Å²) in [6.45, 7) is 2.52. The maximum Gasteiger partial charge on any atom is 0.339 e. The first-order valence-electron chi connectivity index (χ1n) is 12.4. The highest BCUT2D eigenvalue weighted by molar-refractivity contribution is 6.07. The quantitative estimate of drug-likeness (QED) is 0.518. The second-order valence-corrected chi connectivity index (χ2v) is 9.45. The molecule has 1 aromatic heterocycles. The second kappa shape index (κ2) is 9.90. The molecule has 6 nitrogen and oxygen atoms in total. The molecule has 1 aliphatic carbocycles. The van der Waals surface area contributed by atoms with E-state index in [9.17, 15) is 14.7 Å². The summed E-state index contributed by atoms with van der Waals surface area (Å²) in [7, 11) is 0. The molecule has 5 rings (SSSR count). The maximum absolute atomic E-state index is 13.4. The smallest absolute Gasteiger partial charge is 0.339 e. The van der Waals surface area contributed by atoms with Crippen molar-refractivity contribution in [2.24, 2.45) is 0 Å². The first kappa shape index (κ1) is 23.1. The van der Waals surface area contributed by atoms with Gasteiger partial charge in [-0.25, -0.2) is 9.78 Å². The van der Waals surface area contributed by atoms with Gasteiger partial charge in [0.05, 0.1) is 16.8 Å². The van der Waals surface area contributed by atoms with E-state index in [-0.39, 0.29) is 24.3 Å². The molecule has 1 N–H and O–H groups in total. The van der Waals surface area contributed by atoms with Gasteiger partial charge in [0.25, 0.3) is 5.91 Å². The number of aromatic hydroxyl groups is 1. The number of carbonyl (C=O) groups is 2. The topological polar surface area (TPSA) is 79.7 Å². The summed E-state index contributed by atoms with van der Waals surface area (Å²) in [6.07, 6.45) is 7.62. The first-order valence-corrected chi connectivity index (χ1v) is 12.4. The molecule has 0 bridgehead atoms. The fraction of sp³-hybridized carbons (Fsp3) is 0.345. The molecule has 1 unspecified atom stereocenters. The van der Waals surface area contributed by atoms with Gasteiger partial charge in [0.1, 0.15) is 5.75 Å². The maximum atomic E-state index is 13.4. The van der Waals surface area contributed by atoms with E-state index >= 15 is 0 Å². The van der Waals surface area contributed by atoms with Crippen LogP contribution in [0.2, 0.25) is 0 Å². The highest BCUT2D eigenvalue weighted by atomic mass is 16.5. The summed E-state index contributed by atoms with van der Waals surface area (Å²) < 4.78 is 5.63. The normalized spacial score (nSPS) is 18.9. The Bertz CT molecular complexity index is 1300. The third-order valence-electron chi connectivity index (χ3n) is 7.06. The van der Waals surface area contributed by atoms with E-state index in [2.05, 4.69) is 6.08 Å². The van der Waals surface area contributed by atoms with Crippen molar-refractivity contribution in [1.29, 1.82) is 0 Å². The number of phenolic OH excluding ortho intramolecular Hbond substituents is 1. The van der Waals surface area contributed by atoms with Crippen LogP contribution >= 0.6 is 0 Å². The Morgan fingerprint density at radius 3 is 2.69 bits per heavy atom. The first-order chi connectivity index (χ1) is 17.0. The predicted octanol–water partition coefficient (Wildman–Crippen LogP) is 5.38. The number of hydrogen-bond donors (Lipinski definition) is 1. The van der Waals surface area contributed by atoms with Gasteiger partial charge in [0.2, 0.25) is 0 Å². The third kappa shape index (κ3) is 4.78. The van der Waals surface area contributed by atoms with Crippen molar-refractivity contribution in [2.45, 2.75) is 51.5 Å². The van der Waals surface area contributed by atoms with E-state index in [1.807, 2.05) is 48.2 Å². The molecule has 1 aliphatic heterocycles. The number of esters is 1. The summed E-state index contributed by atoms with van der Waals surface area (Å²) >= 11 is 0. The molecule has 0 saturated carbocycles. The molecule has 0 spiro atoms. The summed E-state index contributed by atoms with van der Waals surface area (Å²) in [5.74, 6) is -0.381. The molecule has 1 saturated heterocycles. The lowest BCUT2D eigenvalue weighted by Crippen LogP contribution is -2.44. The molecule has 0 radical (unpaired) electrons. The number of phenols is 1. The Balaban J connectivity index is 1.49. The minimum absolute atomic E-state index is 0.134. The molecule has 2 aromatic carbocycles. The second-order valence-electron chi connectivity index (χ2n) is 9.45. The van der Waals surface area contributed by atoms with E-state index in [1.165, 1.54) is 0 Å². The number of fused-ring (bicyclic) bond motifs is 2. The largest absolute Gasteiger partial charge is 0.508 e. The van der Waals surface area contributed by atoms with Gasteiger partial charge in [0, 0.05) is 18.0 Å². The monoisotopic (exact) mass is 470 g/mol. The highest BCUT2D eigenvalue weighted by Gasteiger charge is 2.28. The van der Waals surface area contributed by atoms with Crippen molar-refractivity contribution in [3.63, 3.8) is 0 Å². The average molecular weight is 471 g/mol. The van der Waals surface area contributed by atoms with Crippen LogP contribution in [0, 0.1) is 0 Å². The number of allylic oxidation sites excluding steroid dienone is 1. The van der Waals surface area contributed by atoms with Crippen LogP contribution in [0.25, 0.3) is 22.6 Å². The number of piperidine rings is 1. The molecule has 1 atom stereocenters. The van der Waals surface area contributed by atoms with Gasteiger partial charge >= 0.3 is 5.97 Å². The van der Waals surface area contributed by atoms with E-state index in [1.54, 1.807) is 12.1 Å². The summed E-state index contributed by atoms with van der Waals surface area (Å²) in [5.41, 5.74) is 4.95. The number of pyridine rings is 1. The highest BCUT2D eigenvalue weighted by Crippen LogP contribution is 2.36. The molecular formula is C29H30N2O4. The third-order valence-corrected chi connectivity index (χ3v) is 7.06. The Hall–Kier alpha value is -3.67. The van der Waals surface area contributed by atoms with Crippen LogP contribution in [0.3, 0.4) is 0 Å². The minimum Gasteiger partial charge on any atom is -0.508 e. The Labute approximate surface area is 205 Å². The molecule has 6 heteroatoms. The number of aromatic nitrogens is 1. The van der Waals surface area contributed by atoms with Gasteiger partial charge in [-0.05, 0) is 86.4 Å². The number of para-hydroxylation sites is 1. The Morgan fingerprint density at radius 2 is 1.89 bits per heavy atom. The zero-order valence-corrected chi connectivity index (χ0v) is 20.0. The molecule has 2 aliphatic rings. The number of ether oxygens (including phenoxy) is 1. The van der Waals surface area contributed by atoms with E-state index in [0.717, 1.165) is 78.4 Å². The predicted molar refractivity (Wildman–Crippen MR) is 136 cm³/mol. The molecule has 180 valence electrons. The molecule has 35 heavy (non-hydrogen) atoms. The number of rotatable bonds is 4. The zero-order valence-electron chi connectivity index (χ0n) is 20.0. The van der Waals surface area contributed by atoms with E-state index in [0.29, 0.717) is 5.56 Å². The van der Waals surface area contributed by atoms with Crippen LogP contribution < -0.4 is 0 Å². The van der Waals surface area contributed by atoms with Crippen molar-refractivity contribution < 1.29 is 19.4 Å². The number of carbonyl (C=O) groups excluding carboxylic acids is 2. The lowest BCUT2D eigenvalue weighted by molar-refractivity contribution is -0.137. The van der Waals surface area contributed by atoms with Gasteiger partial charge in [-0.15, -0.1) is 0 Å². The van der Waals surface area contributed by atoms with Crippen LogP contribution in [0.4, 0.5) is 0 Å². The average Bonchev–Trinajstić information content (AvgIpc) is 2.87. The number of benzene rings is 2. The van der Waals surface area contributed by atoms with Gasteiger partial charge in [-0.1, -0.05) is 30.3 Å². The number of amides is 1. The van der Waals surface area contributed by atoms with Crippen molar-refractivity contribution in [3.05, 3.63) is 70.9 Å². The number of hydrogen-bond acceptors (Lipinski definition) is 5. The SMILES string of the molecule is CC1CCCCN1C(=O)COC(=O)c1c2c(nc3ccccc13)/C(=C\c1ccc(O)cc1)CCC2. The summed E-state index contributed by atoms with van der Waals surface area (Å²) in [6, 6.07) is 14.8. The van der Waals surface area contributed by atoms with Crippen LogP contribution in [-0.2, 0) is 16.0 Å². The van der Waals surface area contributed by atoms with Crippen molar-refractivity contribution in [3.8, 4) is 5.75 Å². The molecule has 1 amide bonds. The lowest BCUT2D eigenvalue weighted by atomic mass is 9.86.